The summed E-state index contributed by atoms with van der Waals surface area (Å²) in [5.41, 5.74) is 0.981. The van der Waals surface area contributed by atoms with Crippen LogP contribution < -0.4 is 15.1 Å². The lowest BCUT2D eigenvalue weighted by atomic mass is 10.00. The summed E-state index contributed by atoms with van der Waals surface area (Å²) in [6, 6.07) is 5.72. The van der Waals surface area contributed by atoms with Crippen molar-refractivity contribution in [1.82, 2.24) is 0 Å². The van der Waals surface area contributed by atoms with E-state index in [9.17, 15) is 4.79 Å². The molecule has 1 atom stereocenters. The molecule has 0 N–H and O–H groups in total. The molecule has 0 spiro atoms. The van der Waals surface area contributed by atoms with Gasteiger partial charge < -0.3 is 9.64 Å². The van der Waals surface area contributed by atoms with Crippen LogP contribution in [-0.4, -0.2) is 20.2 Å². The van der Waals surface area contributed by atoms with Crippen molar-refractivity contribution in [2.24, 2.45) is 5.92 Å². The highest BCUT2D eigenvalue weighted by Crippen LogP contribution is 2.27. The first-order valence-electron chi connectivity index (χ1n) is 7.03. The van der Waals surface area contributed by atoms with Crippen LogP contribution in [0.15, 0.2) is 28.4 Å². The van der Waals surface area contributed by atoms with E-state index < -0.39 is 0 Å². The van der Waals surface area contributed by atoms with Crippen LogP contribution in [0.5, 0.6) is 5.75 Å². The SMILES string of the molecule is COc1ccc2scc(N3CCC[C@@H](C)C3)c(=O)c2c1. The summed E-state index contributed by atoms with van der Waals surface area (Å²) >= 11 is 1.63. The predicted octanol–water partition coefficient (Wildman–Crippen LogP) is 3.51. The van der Waals surface area contributed by atoms with Gasteiger partial charge in [0.05, 0.1) is 12.8 Å². The van der Waals surface area contributed by atoms with E-state index in [-0.39, 0.29) is 5.43 Å². The van der Waals surface area contributed by atoms with Crippen LogP contribution in [0.4, 0.5) is 5.69 Å². The van der Waals surface area contributed by atoms with Gasteiger partial charge in [-0.15, -0.1) is 11.3 Å². The minimum absolute atomic E-state index is 0.131. The molecule has 0 aliphatic carbocycles. The lowest BCUT2D eigenvalue weighted by Crippen LogP contribution is -2.36. The average Bonchev–Trinajstić information content (AvgIpc) is 2.47. The molecule has 0 unspecified atom stereocenters. The number of nitrogens with zero attached hydrogens (tertiary/aromatic N) is 1. The van der Waals surface area contributed by atoms with Crippen molar-refractivity contribution in [2.45, 2.75) is 19.8 Å². The monoisotopic (exact) mass is 289 g/mol. The fourth-order valence-corrected chi connectivity index (χ4v) is 3.77. The smallest absolute Gasteiger partial charge is 0.211 e. The molecular weight excluding hydrogens is 270 g/mol. The summed E-state index contributed by atoms with van der Waals surface area (Å²) in [5, 5.41) is 2.78. The van der Waals surface area contributed by atoms with Gasteiger partial charge in [0, 0.05) is 28.6 Å². The number of rotatable bonds is 2. The van der Waals surface area contributed by atoms with E-state index in [0.29, 0.717) is 5.92 Å². The summed E-state index contributed by atoms with van der Waals surface area (Å²) in [7, 11) is 1.63. The molecule has 0 saturated carbocycles. The topological polar surface area (TPSA) is 29.5 Å². The third kappa shape index (κ3) is 2.40. The van der Waals surface area contributed by atoms with Gasteiger partial charge >= 0.3 is 0 Å². The molecule has 1 saturated heterocycles. The second-order valence-electron chi connectivity index (χ2n) is 5.51. The molecule has 106 valence electrons. The number of methoxy groups -OCH3 is 1. The normalized spacial score (nSPS) is 19.3. The van der Waals surface area contributed by atoms with Crippen molar-refractivity contribution in [3.63, 3.8) is 0 Å². The second-order valence-corrected chi connectivity index (χ2v) is 6.42. The highest BCUT2D eigenvalue weighted by molar-refractivity contribution is 7.16. The van der Waals surface area contributed by atoms with Crippen molar-refractivity contribution < 1.29 is 4.74 Å². The third-order valence-corrected chi connectivity index (χ3v) is 4.91. The zero-order valence-electron chi connectivity index (χ0n) is 11.9. The Kier molecular flexibility index (Phi) is 3.66. The lowest BCUT2D eigenvalue weighted by molar-refractivity contribution is 0.415. The van der Waals surface area contributed by atoms with Gasteiger partial charge in [-0.3, -0.25) is 4.79 Å². The van der Waals surface area contributed by atoms with E-state index in [0.717, 1.165) is 34.6 Å². The van der Waals surface area contributed by atoms with E-state index in [1.165, 1.54) is 12.8 Å². The summed E-state index contributed by atoms with van der Waals surface area (Å²) in [5.74, 6) is 1.40. The fraction of sp³-hybridized carbons (Fsp3) is 0.438. The lowest BCUT2D eigenvalue weighted by Gasteiger charge is -2.32. The molecule has 1 aliphatic heterocycles. The van der Waals surface area contributed by atoms with Gasteiger partial charge in [0.15, 0.2) is 0 Å². The fourth-order valence-electron chi connectivity index (χ4n) is 2.85. The van der Waals surface area contributed by atoms with Gasteiger partial charge in [0.25, 0.3) is 0 Å². The van der Waals surface area contributed by atoms with Crippen molar-refractivity contribution in [3.8, 4) is 5.75 Å². The summed E-state index contributed by atoms with van der Waals surface area (Å²) in [4.78, 5) is 15.0. The molecule has 3 nitrogen and oxygen atoms in total. The zero-order valence-corrected chi connectivity index (χ0v) is 12.7. The molecule has 1 aromatic carbocycles. The molecule has 0 amide bonds. The maximum Gasteiger partial charge on any atom is 0.211 e. The Morgan fingerprint density at radius 3 is 3.00 bits per heavy atom. The number of anilines is 1. The highest BCUT2D eigenvalue weighted by atomic mass is 32.1. The molecule has 1 aromatic heterocycles. The van der Waals surface area contributed by atoms with Gasteiger partial charge in [-0.2, -0.15) is 0 Å². The number of benzene rings is 1. The molecule has 20 heavy (non-hydrogen) atoms. The van der Waals surface area contributed by atoms with E-state index >= 15 is 0 Å². The molecule has 1 fully saturated rings. The van der Waals surface area contributed by atoms with Gasteiger partial charge in [-0.05, 0) is 37.0 Å². The van der Waals surface area contributed by atoms with Gasteiger partial charge in [-0.25, -0.2) is 0 Å². The minimum Gasteiger partial charge on any atom is -0.497 e. The number of hydrogen-bond acceptors (Lipinski definition) is 4. The van der Waals surface area contributed by atoms with Crippen molar-refractivity contribution in [3.05, 3.63) is 33.8 Å². The average molecular weight is 289 g/mol. The maximum absolute atomic E-state index is 12.7. The van der Waals surface area contributed by atoms with Crippen LogP contribution in [0, 0.1) is 5.92 Å². The Morgan fingerprint density at radius 2 is 2.25 bits per heavy atom. The first-order valence-corrected chi connectivity index (χ1v) is 7.91. The summed E-state index contributed by atoms with van der Waals surface area (Å²) < 4.78 is 6.25. The van der Waals surface area contributed by atoms with Crippen LogP contribution in [0.3, 0.4) is 0 Å². The quantitative estimate of drug-likeness (QED) is 0.847. The van der Waals surface area contributed by atoms with Crippen molar-refractivity contribution in [2.75, 3.05) is 25.1 Å². The van der Waals surface area contributed by atoms with Crippen molar-refractivity contribution >= 4 is 27.1 Å². The largest absolute Gasteiger partial charge is 0.497 e. The molecule has 2 aromatic rings. The molecule has 0 radical (unpaired) electrons. The Hall–Kier alpha value is -1.55. The van der Waals surface area contributed by atoms with E-state index in [4.69, 9.17) is 4.74 Å². The number of hydrogen-bond donors (Lipinski definition) is 0. The number of fused-ring (bicyclic) bond motifs is 1. The third-order valence-electron chi connectivity index (χ3n) is 3.96. The maximum atomic E-state index is 12.7. The Balaban J connectivity index is 2.08. The first kappa shape index (κ1) is 13.4. The van der Waals surface area contributed by atoms with Crippen LogP contribution in [0.1, 0.15) is 19.8 Å². The molecule has 0 bridgehead atoms. The second kappa shape index (κ2) is 5.44. The number of ether oxygens (including phenoxy) is 1. The van der Waals surface area contributed by atoms with Crippen LogP contribution in [-0.2, 0) is 0 Å². The predicted molar refractivity (Wildman–Crippen MR) is 85.3 cm³/mol. The van der Waals surface area contributed by atoms with Crippen molar-refractivity contribution in [1.29, 1.82) is 0 Å². The Morgan fingerprint density at radius 1 is 1.40 bits per heavy atom. The van der Waals surface area contributed by atoms with E-state index in [2.05, 4.69) is 11.8 Å². The summed E-state index contributed by atoms with van der Waals surface area (Å²) in [6.45, 7) is 4.23. The van der Waals surface area contributed by atoms with Crippen LogP contribution >= 0.6 is 11.3 Å². The number of piperidine rings is 1. The van der Waals surface area contributed by atoms with Crippen LogP contribution in [0.2, 0.25) is 0 Å². The molecule has 4 heteroatoms. The molecule has 2 heterocycles. The van der Waals surface area contributed by atoms with Gasteiger partial charge in [-0.1, -0.05) is 6.92 Å². The summed E-state index contributed by atoms with van der Waals surface area (Å²) in [6.07, 6.45) is 2.43. The molecule has 3 rings (SSSR count). The standard InChI is InChI=1S/C16H19NO2S/c1-11-4-3-7-17(9-11)14-10-20-15-6-5-12(19-2)8-13(15)16(14)18/h5-6,8,10-11H,3-4,7,9H2,1-2H3/t11-/m1/s1. The first-order chi connectivity index (χ1) is 9.69. The zero-order chi connectivity index (χ0) is 14.1. The minimum atomic E-state index is 0.131. The highest BCUT2D eigenvalue weighted by Gasteiger charge is 2.19. The van der Waals surface area contributed by atoms with E-state index in [1.54, 1.807) is 18.4 Å². The Bertz CT molecular complexity index is 680. The molecule has 1 aliphatic rings. The van der Waals surface area contributed by atoms with Gasteiger partial charge in [0.1, 0.15) is 5.75 Å². The Labute approximate surface area is 122 Å². The van der Waals surface area contributed by atoms with Gasteiger partial charge in [0.2, 0.25) is 5.43 Å². The van der Waals surface area contributed by atoms with E-state index in [1.807, 2.05) is 23.6 Å². The van der Waals surface area contributed by atoms with Crippen LogP contribution in [0.25, 0.3) is 10.1 Å². The molecular formula is C16H19NO2S.